The second-order valence-electron chi connectivity index (χ2n) is 7.70. The highest BCUT2D eigenvalue weighted by Crippen LogP contribution is 2.17. The molecular formula is C24H39FN6O4. The number of carbonyl (C=O) groups excluding carboxylic acids is 4. The van der Waals surface area contributed by atoms with Crippen LogP contribution in [0.2, 0.25) is 0 Å². The molecule has 1 heterocycles. The second kappa shape index (κ2) is 18.9. The van der Waals surface area contributed by atoms with Gasteiger partial charge in [0.1, 0.15) is 12.7 Å². The number of rotatable bonds is 9. The molecule has 3 amide bonds. The summed E-state index contributed by atoms with van der Waals surface area (Å²) in [6.45, 7) is 5.66. The lowest BCUT2D eigenvalue weighted by Gasteiger charge is -2.24. The minimum Gasteiger partial charge on any atom is -0.370 e. The van der Waals surface area contributed by atoms with E-state index in [1.54, 1.807) is 30.3 Å². The van der Waals surface area contributed by atoms with Crippen molar-refractivity contribution < 1.29 is 23.6 Å². The Morgan fingerprint density at radius 1 is 1.06 bits per heavy atom. The van der Waals surface area contributed by atoms with Crippen molar-refractivity contribution in [3.63, 3.8) is 0 Å². The smallest absolute Gasteiger partial charge is 0.251 e. The van der Waals surface area contributed by atoms with E-state index in [2.05, 4.69) is 29.5 Å². The van der Waals surface area contributed by atoms with E-state index in [4.69, 9.17) is 11.5 Å². The molecule has 0 bridgehead atoms. The normalized spacial score (nSPS) is 13.8. The number of nitrogens with two attached hydrogens (primary N) is 2. The van der Waals surface area contributed by atoms with E-state index < -0.39 is 31.0 Å². The number of alkyl halides is 1. The number of amides is 3. The van der Waals surface area contributed by atoms with Gasteiger partial charge in [-0.15, -0.1) is 0 Å². The van der Waals surface area contributed by atoms with Crippen molar-refractivity contribution in [2.75, 3.05) is 32.9 Å². The first-order valence-electron chi connectivity index (χ1n) is 11.7. The number of likely N-dealkylation sites (tertiary alicyclic amines) is 1. The topological polar surface area (TPSA) is 160 Å². The number of nitrogens with zero attached hydrogens (tertiary/aromatic N) is 2. The Balaban J connectivity index is 0.000000978. The van der Waals surface area contributed by atoms with Crippen LogP contribution in [0.3, 0.4) is 0 Å². The molecular weight excluding hydrogens is 455 g/mol. The summed E-state index contributed by atoms with van der Waals surface area (Å²) in [6.07, 6.45) is 3.36. The maximum atomic E-state index is 12.3. The molecule has 0 spiro atoms. The predicted octanol–water partition coefficient (Wildman–Crippen LogP) is 1.15. The Hall–Kier alpha value is -3.50. The highest BCUT2D eigenvalue weighted by molar-refractivity contribution is 5.97. The number of hydrogen-bond acceptors (Lipinski definition) is 5. The lowest BCUT2D eigenvalue weighted by atomic mass is 10.2. The van der Waals surface area contributed by atoms with Crippen LogP contribution in [-0.4, -0.2) is 73.3 Å². The lowest BCUT2D eigenvalue weighted by Crippen LogP contribution is -2.49. The molecule has 1 unspecified atom stereocenters. The molecule has 1 aliphatic heterocycles. The van der Waals surface area contributed by atoms with E-state index in [0.717, 1.165) is 13.0 Å². The van der Waals surface area contributed by atoms with Crippen molar-refractivity contribution in [1.29, 1.82) is 0 Å². The molecule has 1 atom stereocenters. The van der Waals surface area contributed by atoms with Crippen LogP contribution in [-0.2, 0) is 14.4 Å². The molecule has 1 aliphatic rings. The number of carbonyl (C=O) groups is 4. The fourth-order valence-corrected chi connectivity index (χ4v) is 2.88. The van der Waals surface area contributed by atoms with Gasteiger partial charge in [-0.25, -0.2) is 4.39 Å². The average molecular weight is 495 g/mol. The van der Waals surface area contributed by atoms with Gasteiger partial charge in [-0.1, -0.05) is 45.4 Å². The van der Waals surface area contributed by atoms with Crippen molar-refractivity contribution in [3.8, 4) is 0 Å². The zero-order valence-corrected chi connectivity index (χ0v) is 20.9. The Morgan fingerprint density at radius 2 is 1.69 bits per heavy atom. The summed E-state index contributed by atoms with van der Waals surface area (Å²) in [5.41, 5.74) is 10.5. The van der Waals surface area contributed by atoms with Crippen LogP contribution >= 0.6 is 0 Å². The number of hydrogen-bond donors (Lipinski definition) is 4. The van der Waals surface area contributed by atoms with E-state index in [-0.39, 0.29) is 24.3 Å². The first kappa shape index (κ1) is 31.5. The molecule has 35 heavy (non-hydrogen) atoms. The standard InChI is InChI=1S/C17H20FN3O4.C4H11N3.C3H8/c18-9-13(22)10-19-17(25)14-7-4-8-21(14)15(23)11-20-16(24)12-5-2-1-3-6-12;1-2-3-7-4(5)6;1-3-2/h1-3,5-6,14H,4,7-11H2,(H,19,25)(H,20,24);2-3H2,1H3,(H4,5,6,7);3H2,1-2H3. The summed E-state index contributed by atoms with van der Waals surface area (Å²) < 4.78 is 12.1. The minimum absolute atomic E-state index is 0.182. The van der Waals surface area contributed by atoms with Gasteiger partial charge in [0.2, 0.25) is 11.8 Å². The molecule has 6 N–H and O–H groups in total. The van der Waals surface area contributed by atoms with Gasteiger partial charge in [0.05, 0.1) is 13.1 Å². The number of halogens is 1. The first-order valence-corrected chi connectivity index (χ1v) is 11.7. The highest BCUT2D eigenvalue weighted by Gasteiger charge is 2.34. The van der Waals surface area contributed by atoms with Crippen LogP contribution in [0.5, 0.6) is 0 Å². The van der Waals surface area contributed by atoms with E-state index in [0.29, 0.717) is 24.9 Å². The van der Waals surface area contributed by atoms with E-state index in [9.17, 15) is 23.6 Å². The summed E-state index contributed by atoms with van der Waals surface area (Å²) >= 11 is 0. The molecule has 0 aromatic heterocycles. The SMILES string of the molecule is CCC.CCCN=C(N)N.O=C(CF)CNC(=O)C1CCCN1C(=O)CNC(=O)c1ccccc1. The van der Waals surface area contributed by atoms with Crippen LogP contribution in [0.15, 0.2) is 35.3 Å². The molecule has 1 fully saturated rings. The van der Waals surface area contributed by atoms with Crippen molar-refractivity contribution in [2.24, 2.45) is 16.5 Å². The van der Waals surface area contributed by atoms with Crippen LogP contribution in [0.4, 0.5) is 4.39 Å². The molecule has 1 aromatic rings. The Morgan fingerprint density at radius 3 is 2.20 bits per heavy atom. The van der Waals surface area contributed by atoms with Crippen molar-refractivity contribution in [1.82, 2.24) is 15.5 Å². The molecule has 11 heteroatoms. The highest BCUT2D eigenvalue weighted by atomic mass is 19.1. The number of nitrogens with one attached hydrogen (secondary N) is 2. The van der Waals surface area contributed by atoms with Crippen LogP contribution in [0.25, 0.3) is 0 Å². The summed E-state index contributed by atoms with van der Waals surface area (Å²) in [7, 11) is 0. The molecule has 0 radical (unpaired) electrons. The minimum atomic E-state index is -1.14. The molecule has 196 valence electrons. The number of benzene rings is 1. The van der Waals surface area contributed by atoms with Gasteiger partial charge in [0.25, 0.3) is 5.91 Å². The van der Waals surface area contributed by atoms with Gasteiger partial charge in [0.15, 0.2) is 11.7 Å². The van der Waals surface area contributed by atoms with Gasteiger partial charge in [-0.05, 0) is 31.4 Å². The maximum Gasteiger partial charge on any atom is 0.251 e. The Kier molecular flexibility index (Phi) is 17.0. The second-order valence-corrected chi connectivity index (χ2v) is 7.70. The first-order chi connectivity index (χ1) is 16.7. The molecule has 0 saturated carbocycles. The quantitative estimate of drug-likeness (QED) is 0.297. The molecule has 2 rings (SSSR count). The number of aliphatic imine (C=N–C) groups is 1. The van der Waals surface area contributed by atoms with Crippen molar-refractivity contribution >= 4 is 29.5 Å². The molecule has 0 aliphatic carbocycles. The fourth-order valence-electron chi connectivity index (χ4n) is 2.88. The van der Waals surface area contributed by atoms with Crippen LogP contribution in [0, 0.1) is 0 Å². The molecule has 1 saturated heterocycles. The van der Waals surface area contributed by atoms with E-state index in [1.807, 2.05) is 6.92 Å². The molecule has 10 nitrogen and oxygen atoms in total. The van der Waals surface area contributed by atoms with E-state index in [1.165, 1.54) is 11.3 Å². The summed E-state index contributed by atoms with van der Waals surface area (Å²) in [6, 6.07) is 7.78. The summed E-state index contributed by atoms with van der Waals surface area (Å²) in [4.78, 5) is 52.4. The summed E-state index contributed by atoms with van der Waals surface area (Å²) in [5, 5.41) is 4.87. The lowest BCUT2D eigenvalue weighted by molar-refractivity contribution is -0.138. The third-order valence-corrected chi connectivity index (χ3v) is 4.44. The average Bonchev–Trinajstić information content (AvgIpc) is 3.35. The van der Waals surface area contributed by atoms with Gasteiger partial charge in [0, 0.05) is 18.7 Å². The third kappa shape index (κ3) is 13.7. The summed E-state index contributed by atoms with van der Waals surface area (Å²) in [5.74, 6) is -1.77. The van der Waals surface area contributed by atoms with Crippen molar-refractivity contribution in [3.05, 3.63) is 35.9 Å². The van der Waals surface area contributed by atoms with Gasteiger partial charge >= 0.3 is 0 Å². The number of Topliss-reactive ketones (excluding diaryl/α,β-unsaturated/α-hetero) is 1. The van der Waals surface area contributed by atoms with Crippen LogP contribution < -0.4 is 22.1 Å². The number of ketones is 1. The predicted molar refractivity (Wildman–Crippen MR) is 134 cm³/mol. The van der Waals surface area contributed by atoms with Crippen LogP contribution in [0.1, 0.15) is 56.8 Å². The zero-order valence-electron chi connectivity index (χ0n) is 20.9. The maximum absolute atomic E-state index is 12.3. The molecule has 1 aromatic carbocycles. The fraction of sp³-hybridized carbons (Fsp3) is 0.542. The van der Waals surface area contributed by atoms with Gasteiger partial charge < -0.3 is 27.0 Å². The zero-order chi connectivity index (χ0) is 26.6. The Bertz CT molecular complexity index is 815. The van der Waals surface area contributed by atoms with Gasteiger partial charge in [-0.3, -0.25) is 24.2 Å². The monoisotopic (exact) mass is 494 g/mol. The van der Waals surface area contributed by atoms with Crippen molar-refractivity contribution in [2.45, 2.75) is 52.5 Å². The number of guanidine groups is 1. The third-order valence-electron chi connectivity index (χ3n) is 4.44. The van der Waals surface area contributed by atoms with E-state index >= 15 is 0 Å². The largest absolute Gasteiger partial charge is 0.370 e. The van der Waals surface area contributed by atoms with Gasteiger partial charge in [-0.2, -0.15) is 0 Å². The Labute approximate surface area is 206 Å².